The Balaban J connectivity index is 1.56. The molecular weight excluding hydrogens is 334 g/mol. The summed E-state index contributed by atoms with van der Waals surface area (Å²) in [5.74, 6) is 0.225. The number of carbonyl (C=O) groups excluding carboxylic acids is 2. The number of rotatable bonds is 3. The first-order valence-corrected chi connectivity index (χ1v) is 8.31. The first kappa shape index (κ1) is 16.2. The lowest BCUT2D eigenvalue weighted by molar-refractivity contribution is -0.146. The number of carbonyl (C=O) groups is 2. The van der Waals surface area contributed by atoms with E-state index in [2.05, 4.69) is 20.4 Å². The summed E-state index contributed by atoms with van der Waals surface area (Å²) >= 11 is 0. The maximum atomic E-state index is 12.7. The van der Waals surface area contributed by atoms with Crippen LogP contribution >= 0.6 is 0 Å². The van der Waals surface area contributed by atoms with Crippen molar-refractivity contribution in [1.82, 2.24) is 19.7 Å². The number of hydrogen-bond acceptors (Lipinski definition) is 6. The molecule has 4 rings (SSSR count). The van der Waals surface area contributed by atoms with Crippen molar-refractivity contribution in [3.8, 4) is 0 Å². The van der Waals surface area contributed by atoms with Crippen molar-refractivity contribution in [2.45, 2.75) is 19.4 Å². The summed E-state index contributed by atoms with van der Waals surface area (Å²) in [6.07, 6.45) is 4.64. The Morgan fingerprint density at radius 3 is 3.04 bits per heavy atom. The molecule has 1 atom stereocenters. The van der Waals surface area contributed by atoms with E-state index in [0.29, 0.717) is 24.9 Å². The minimum Gasteiger partial charge on any atom is -0.469 e. The van der Waals surface area contributed by atoms with Gasteiger partial charge in [0.2, 0.25) is 5.95 Å². The van der Waals surface area contributed by atoms with Crippen LogP contribution in [0.15, 0.2) is 36.7 Å². The number of benzene rings is 1. The number of ether oxygens (including phenoxy) is 1. The molecule has 0 saturated carbocycles. The molecule has 0 saturated heterocycles. The quantitative estimate of drug-likeness (QED) is 0.723. The number of esters is 1. The SMILES string of the molecule is COC(=O)C1CCc2nc(NC(=O)c3cccc4cnccc34)nn2C1. The third-order valence-corrected chi connectivity index (χ3v) is 4.54. The van der Waals surface area contributed by atoms with Gasteiger partial charge in [-0.1, -0.05) is 12.1 Å². The van der Waals surface area contributed by atoms with Crippen LogP contribution in [-0.4, -0.2) is 38.7 Å². The van der Waals surface area contributed by atoms with Crippen LogP contribution in [0.1, 0.15) is 22.6 Å². The average Bonchev–Trinajstić information content (AvgIpc) is 3.08. The smallest absolute Gasteiger partial charge is 0.310 e. The Kier molecular flexibility index (Phi) is 4.08. The summed E-state index contributed by atoms with van der Waals surface area (Å²) in [5.41, 5.74) is 0.533. The highest BCUT2D eigenvalue weighted by Crippen LogP contribution is 2.22. The standard InChI is InChI=1S/C18H17N5O3/c1-26-17(25)12-5-6-15-20-18(22-23(15)10-12)21-16(24)14-4-2-3-11-9-19-8-7-13(11)14/h2-4,7-9,12H,5-6,10H2,1H3,(H,21,22,24). The number of nitrogens with one attached hydrogen (secondary N) is 1. The van der Waals surface area contributed by atoms with Crippen molar-refractivity contribution >= 4 is 28.6 Å². The van der Waals surface area contributed by atoms with Gasteiger partial charge in [0.15, 0.2) is 0 Å². The zero-order valence-corrected chi connectivity index (χ0v) is 14.2. The van der Waals surface area contributed by atoms with Crippen LogP contribution < -0.4 is 5.32 Å². The first-order valence-electron chi connectivity index (χ1n) is 8.31. The lowest BCUT2D eigenvalue weighted by Gasteiger charge is -2.19. The average molecular weight is 351 g/mol. The largest absolute Gasteiger partial charge is 0.469 e. The van der Waals surface area contributed by atoms with Gasteiger partial charge in [-0.25, -0.2) is 4.68 Å². The molecule has 0 radical (unpaired) electrons. The number of aromatic nitrogens is 4. The summed E-state index contributed by atoms with van der Waals surface area (Å²) in [7, 11) is 1.38. The van der Waals surface area contributed by atoms with Crippen LogP contribution in [0.25, 0.3) is 10.8 Å². The Morgan fingerprint density at radius 1 is 1.31 bits per heavy atom. The molecule has 8 heteroatoms. The molecule has 1 N–H and O–H groups in total. The molecule has 1 aliphatic heterocycles. The molecule has 26 heavy (non-hydrogen) atoms. The van der Waals surface area contributed by atoms with E-state index in [1.807, 2.05) is 12.1 Å². The van der Waals surface area contributed by atoms with Gasteiger partial charge in [-0.3, -0.25) is 19.9 Å². The number of anilines is 1. The number of methoxy groups -OCH3 is 1. The zero-order valence-electron chi connectivity index (χ0n) is 14.2. The van der Waals surface area contributed by atoms with Crippen LogP contribution in [0.3, 0.4) is 0 Å². The number of pyridine rings is 1. The molecule has 0 bridgehead atoms. The fraction of sp³-hybridized carbons (Fsp3) is 0.278. The highest BCUT2D eigenvalue weighted by molar-refractivity contribution is 6.12. The normalized spacial score (nSPS) is 16.1. The van der Waals surface area contributed by atoms with E-state index in [9.17, 15) is 9.59 Å². The van der Waals surface area contributed by atoms with E-state index in [-0.39, 0.29) is 23.7 Å². The van der Waals surface area contributed by atoms with Gasteiger partial charge in [0, 0.05) is 29.8 Å². The summed E-state index contributed by atoms with van der Waals surface area (Å²) in [5, 5.41) is 8.77. The molecule has 1 aliphatic rings. The van der Waals surface area contributed by atoms with E-state index in [1.165, 1.54) is 7.11 Å². The molecule has 1 unspecified atom stereocenters. The van der Waals surface area contributed by atoms with E-state index < -0.39 is 0 Å². The second-order valence-electron chi connectivity index (χ2n) is 6.15. The maximum Gasteiger partial charge on any atom is 0.310 e. The molecule has 1 amide bonds. The molecule has 3 heterocycles. The minimum absolute atomic E-state index is 0.233. The van der Waals surface area contributed by atoms with Crippen LogP contribution in [0.4, 0.5) is 5.95 Å². The Hall–Kier alpha value is -3.29. The molecule has 0 spiro atoms. The number of hydrogen-bond donors (Lipinski definition) is 1. The predicted octanol–water partition coefficient (Wildman–Crippen LogP) is 1.81. The van der Waals surface area contributed by atoms with Gasteiger partial charge in [0.05, 0.1) is 19.6 Å². The van der Waals surface area contributed by atoms with Crippen LogP contribution in [0, 0.1) is 5.92 Å². The number of nitrogens with zero attached hydrogens (tertiary/aromatic N) is 4. The minimum atomic E-state index is -0.283. The summed E-state index contributed by atoms with van der Waals surface area (Å²) in [6, 6.07) is 7.27. The van der Waals surface area contributed by atoms with Gasteiger partial charge in [-0.15, -0.1) is 5.10 Å². The van der Waals surface area contributed by atoms with E-state index in [0.717, 1.165) is 16.6 Å². The fourth-order valence-corrected chi connectivity index (χ4v) is 3.21. The topological polar surface area (TPSA) is 99.0 Å². The zero-order chi connectivity index (χ0) is 18.1. The van der Waals surface area contributed by atoms with Crippen molar-refractivity contribution in [2.24, 2.45) is 5.92 Å². The second kappa shape index (κ2) is 6.55. The van der Waals surface area contributed by atoms with Crippen molar-refractivity contribution in [3.05, 3.63) is 48.0 Å². The lowest BCUT2D eigenvalue weighted by atomic mass is 10.0. The Bertz CT molecular complexity index is 992. The maximum absolute atomic E-state index is 12.7. The molecule has 2 aromatic heterocycles. The van der Waals surface area contributed by atoms with Crippen LogP contribution in [0.5, 0.6) is 0 Å². The highest BCUT2D eigenvalue weighted by atomic mass is 16.5. The summed E-state index contributed by atoms with van der Waals surface area (Å²) in [4.78, 5) is 32.8. The number of aryl methyl sites for hydroxylation is 1. The van der Waals surface area contributed by atoms with Gasteiger partial charge in [-0.2, -0.15) is 4.98 Å². The van der Waals surface area contributed by atoms with Crippen LogP contribution in [0.2, 0.25) is 0 Å². The van der Waals surface area contributed by atoms with Crippen LogP contribution in [-0.2, 0) is 22.5 Å². The van der Waals surface area contributed by atoms with Gasteiger partial charge in [0.25, 0.3) is 5.91 Å². The molecule has 132 valence electrons. The first-order chi connectivity index (χ1) is 12.7. The second-order valence-corrected chi connectivity index (χ2v) is 6.15. The van der Waals surface area contributed by atoms with Crippen molar-refractivity contribution < 1.29 is 14.3 Å². The van der Waals surface area contributed by atoms with E-state index in [4.69, 9.17) is 4.74 Å². The van der Waals surface area contributed by atoms with Gasteiger partial charge in [0.1, 0.15) is 5.82 Å². The van der Waals surface area contributed by atoms with Gasteiger partial charge >= 0.3 is 5.97 Å². The molecule has 8 nitrogen and oxygen atoms in total. The third kappa shape index (κ3) is 2.90. The van der Waals surface area contributed by atoms with E-state index in [1.54, 1.807) is 29.2 Å². The monoisotopic (exact) mass is 351 g/mol. The number of fused-ring (bicyclic) bond motifs is 2. The van der Waals surface area contributed by atoms with Gasteiger partial charge < -0.3 is 4.74 Å². The van der Waals surface area contributed by atoms with Crippen molar-refractivity contribution in [2.75, 3.05) is 12.4 Å². The summed E-state index contributed by atoms with van der Waals surface area (Å²) in [6.45, 7) is 0.408. The molecule has 3 aromatic rings. The predicted molar refractivity (Wildman–Crippen MR) is 93.5 cm³/mol. The number of amides is 1. The molecule has 0 aliphatic carbocycles. The van der Waals surface area contributed by atoms with E-state index >= 15 is 0 Å². The molecule has 0 fully saturated rings. The lowest BCUT2D eigenvalue weighted by Crippen LogP contribution is -2.28. The van der Waals surface area contributed by atoms with Gasteiger partial charge in [-0.05, 0) is 23.9 Å². The Labute approximate surface area is 149 Å². The molecule has 1 aromatic carbocycles. The Morgan fingerprint density at radius 2 is 2.19 bits per heavy atom. The molecular formula is C18H17N5O3. The third-order valence-electron chi connectivity index (χ3n) is 4.54. The summed E-state index contributed by atoms with van der Waals surface area (Å²) < 4.78 is 6.46. The van der Waals surface area contributed by atoms with Crippen molar-refractivity contribution in [3.63, 3.8) is 0 Å². The highest BCUT2D eigenvalue weighted by Gasteiger charge is 2.28. The van der Waals surface area contributed by atoms with Crippen molar-refractivity contribution in [1.29, 1.82) is 0 Å². The fourth-order valence-electron chi connectivity index (χ4n) is 3.21.